The topological polar surface area (TPSA) is 62.7 Å². The number of carbonyl (C=O) groups excluding carboxylic acids is 1. The first kappa shape index (κ1) is 16.9. The van der Waals surface area contributed by atoms with Crippen LogP contribution >= 0.6 is 11.3 Å². The summed E-state index contributed by atoms with van der Waals surface area (Å²) in [4.78, 5) is 18.8. The van der Waals surface area contributed by atoms with Gasteiger partial charge in [0.05, 0.1) is 12.7 Å². The Morgan fingerprint density at radius 2 is 2.08 bits per heavy atom. The minimum Gasteiger partial charge on any atom is -0.491 e. The Morgan fingerprint density at radius 3 is 2.67 bits per heavy atom. The Hall–Kier alpha value is -1.92. The third-order valence-corrected chi connectivity index (χ3v) is 4.68. The molecule has 0 saturated heterocycles. The number of aliphatic hydroxyl groups is 1. The van der Waals surface area contributed by atoms with Crippen LogP contribution in [0.5, 0.6) is 5.75 Å². The van der Waals surface area contributed by atoms with Crippen molar-refractivity contribution in [2.45, 2.75) is 38.8 Å². The molecule has 0 spiro atoms. The quantitative estimate of drug-likeness (QED) is 0.836. The van der Waals surface area contributed by atoms with Gasteiger partial charge in [0.1, 0.15) is 16.5 Å². The van der Waals surface area contributed by atoms with Gasteiger partial charge < -0.3 is 14.7 Å². The summed E-state index contributed by atoms with van der Waals surface area (Å²) in [5, 5.41) is 11.8. The number of amides is 1. The highest BCUT2D eigenvalue weighted by Crippen LogP contribution is 2.30. The number of carbonyl (C=O) groups is 1. The van der Waals surface area contributed by atoms with Gasteiger partial charge in [-0.05, 0) is 51.0 Å². The first-order valence-electron chi connectivity index (χ1n) is 8.23. The second kappa shape index (κ2) is 7.32. The average Bonchev–Trinajstić information content (AvgIpc) is 3.28. The number of hydrogen-bond donors (Lipinski definition) is 1. The molecule has 1 heterocycles. The SMILES string of the molecule is CC(C)Oc1ccc(-c2nc(C(=O)N(CCO)C3CC3)cs2)cc1. The Balaban J connectivity index is 1.73. The first-order valence-corrected chi connectivity index (χ1v) is 9.11. The van der Waals surface area contributed by atoms with E-state index in [-0.39, 0.29) is 24.7 Å². The number of thiazole rings is 1. The lowest BCUT2D eigenvalue weighted by atomic mass is 10.2. The minimum atomic E-state index is -0.0891. The van der Waals surface area contributed by atoms with Crippen molar-refractivity contribution >= 4 is 17.2 Å². The van der Waals surface area contributed by atoms with Gasteiger partial charge in [0.2, 0.25) is 0 Å². The van der Waals surface area contributed by atoms with Crippen molar-refractivity contribution in [1.82, 2.24) is 9.88 Å². The molecular formula is C18H22N2O3S. The van der Waals surface area contributed by atoms with Crippen LogP contribution in [0.3, 0.4) is 0 Å². The normalized spacial score (nSPS) is 14.0. The van der Waals surface area contributed by atoms with E-state index in [0.717, 1.165) is 29.2 Å². The monoisotopic (exact) mass is 346 g/mol. The van der Waals surface area contributed by atoms with Crippen LogP contribution in [0.15, 0.2) is 29.6 Å². The van der Waals surface area contributed by atoms with Crippen LogP contribution in [0, 0.1) is 0 Å². The minimum absolute atomic E-state index is 0.0173. The second-order valence-corrected chi connectivity index (χ2v) is 7.04. The molecule has 1 saturated carbocycles. The van der Waals surface area contributed by atoms with Crippen LogP contribution in [-0.2, 0) is 0 Å². The Kier molecular flexibility index (Phi) is 5.16. The number of aliphatic hydroxyl groups excluding tert-OH is 1. The van der Waals surface area contributed by atoms with E-state index in [1.54, 1.807) is 10.3 Å². The van der Waals surface area contributed by atoms with Gasteiger partial charge in [0, 0.05) is 23.5 Å². The Labute approximate surface area is 145 Å². The van der Waals surface area contributed by atoms with Crippen LogP contribution < -0.4 is 4.74 Å². The van der Waals surface area contributed by atoms with E-state index in [9.17, 15) is 4.79 Å². The molecule has 1 aromatic heterocycles. The maximum absolute atomic E-state index is 12.6. The van der Waals surface area contributed by atoms with Crippen molar-refractivity contribution in [3.05, 3.63) is 35.3 Å². The summed E-state index contributed by atoms with van der Waals surface area (Å²) in [5.41, 5.74) is 1.42. The molecule has 0 unspecified atom stereocenters. The summed E-state index contributed by atoms with van der Waals surface area (Å²) >= 11 is 1.46. The molecule has 0 bridgehead atoms. The lowest BCUT2D eigenvalue weighted by Gasteiger charge is -2.19. The molecule has 128 valence electrons. The molecule has 0 atom stereocenters. The lowest BCUT2D eigenvalue weighted by molar-refractivity contribution is 0.0702. The van der Waals surface area contributed by atoms with Gasteiger partial charge in [0.25, 0.3) is 5.91 Å². The molecule has 0 aliphatic heterocycles. The fourth-order valence-electron chi connectivity index (χ4n) is 2.54. The van der Waals surface area contributed by atoms with Gasteiger partial charge in [-0.2, -0.15) is 0 Å². The number of hydrogen-bond acceptors (Lipinski definition) is 5. The van der Waals surface area contributed by atoms with Crippen molar-refractivity contribution in [3.8, 4) is 16.3 Å². The van der Waals surface area contributed by atoms with Crippen molar-refractivity contribution in [3.63, 3.8) is 0 Å². The standard InChI is InChI=1S/C18H22N2O3S/c1-12(2)23-15-7-3-13(4-8-15)17-19-16(11-24-17)18(22)20(9-10-21)14-5-6-14/h3-4,7-8,11-12,14,21H,5-6,9-10H2,1-2H3. The maximum Gasteiger partial charge on any atom is 0.273 e. The number of aromatic nitrogens is 1. The number of nitrogens with zero attached hydrogens (tertiary/aromatic N) is 2. The second-order valence-electron chi connectivity index (χ2n) is 6.18. The highest BCUT2D eigenvalue weighted by atomic mass is 32.1. The average molecular weight is 346 g/mol. The van der Waals surface area contributed by atoms with Crippen molar-refractivity contribution in [2.24, 2.45) is 0 Å². The molecule has 0 radical (unpaired) electrons. The molecule has 1 fully saturated rings. The smallest absolute Gasteiger partial charge is 0.273 e. The predicted molar refractivity (Wildman–Crippen MR) is 94.5 cm³/mol. The molecule has 1 amide bonds. The van der Waals surface area contributed by atoms with Gasteiger partial charge >= 0.3 is 0 Å². The number of rotatable bonds is 7. The van der Waals surface area contributed by atoms with Crippen LogP contribution in [0.4, 0.5) is 0 Å². The lowest BCUT2D eigenvalue weighted by Crippen LogP contribution is -2.35. The van der Waals surface area contributed by atoms with E-state index in [1.165, 1.54) is 11.3 Å². The largest absolute Gasteiger partial charge is 0.491 e. The zero-order valence-electron chi connectivity index (χ0n) is 13.9. The van der Waals surface area contributed by atoms with E-state index in [2.05, 4.69) is 4.98 Å². The third kappa shape index (κ3) is 3.94. The Morgan fingerprint density at radius 1 is 1.38 bits per heavy atom. The molecule has 6 heteroatoms. The van der Waals surface area contributed by atoms with E-state index in [4.69, 9.17) is 9.84 Å². The highest BCUT2D eigenvalue weighted by molar-refractivity contribution is 7.13. The van der Waals surface area contributed by atoms with E-state index in [0.29, 0.717) is 12.2 Å². The van der Waals surface area contributed by atoms with E-state index >= 15 is 0 Å². The van der Waals surface area contributed by atoms with Gasteiger partial charge in [-0.25, -0.2) is 4.98 Å². The molecule has 24 heavy (non-hydrogen) atoms. The summed E-state index contributed by atoms with van der Waals surface area (Å²) in [5.74, 6) is 0.735. The summed E-state index contributed by atoms with van der Waals surface area (Å²) in [6.07, 6.45) is 2.17. The molecule has 1 N–H and O–H groups in total. The van der Waals surface area contributed by atoms with Crippen LogP contribution in [0.1, 0.15) is 37.2 Å². The fraction of sp³-hybridized carbons (Fsp3) is 0.444. The first-order chi connectivity index (χ1) is 11.6. The van der Waals surface area contributed by atoms with E-state index in [1.807, 2.05) is 38.1 Å². The van der Waals surface area contributed by atoms with Gasteiger partial charge in [-0.15, -0.1) is 11.3 Å². The van der Waals surface area contributed by atoms with Gasteiger partial charge in [-0.3, -0.25) is 4.79 Å². The zero-order valence-corrected chi connectivity index (χ0v) is 14.8. The predicted octanol–water partition coefficient (Wildman–Crippen LogP) is 3.19. The van der Waals surface area contributed by atoms with Crippen LogP contribution in [-0.4, -0.2) is 46.2 Å². The summed E-state index contributed by atoms with van der Waals surface area (Å²) in [6.45, 7) is 4.34. The van der Waals surface area contributed by atoms with Crippen LogP contribution in [0.25, 0.3) is 10.6 Å². The molecule has 1 aliphatic carbocycles. The maximum atomic E-state index is 12.6. The van der Waals surface area contributed by atoms with Crippen molar-refractivity contribution in [2.75, 3.05) is 13.2 Å². The molecule has 1 aliphatic rings. The van der Waals surface area contributed by atoms with E-state index < -0.39 is 0 Å². The molecular weight excluding hydrogens is 324 g/mol. The zero-order chi connectivity index (χ0) is 17.1. The third-order valence-electron chi connectivity index (χ3n) is 3.79. The van der Waals surface area contributed by atoms with Gasteiger partial charge in [0.15, 0.2) is 0 Å². The van der Waals surface area contributed by atoms with Crippen molar-refractivity contribution in [1.29, 1.82) is 0 Å². The summed E-state index contributed by atoms with van der Waals surface area (Å²) < 4.78 is 5.64. The highest BCUT2D eigenvalue weighted by Gasteiger charge is 2.33. The molecule has 1 aromatic carbocycles. The molecule has 5 nitrogen and oxygen atoms in total. The molecule has 2 aromatic rings. The number of benzene rings is 1. The van der Waals surface area contributed by atoms with Gasteiger partial charge in [-0.1, -0.05) is 0 Å². The number of ether oxygens (including phenoxy) is 1. The molecule has 3 rings (SSSR count). The fourth-order valence-corrected chi connectivity index (χ4v) is 3.34. The summed E-state index contributed by atoms with van der Waals surface area (Å²) in [7, 11) is 0. The van der Waals surface area contributed by atoms with Crippen LogP contribution in [0.2, 0.25) is 0 Å². The summed E-state index contributed by atoms with van der Waals surface area (Å²) in [6, 6.07) is 8.01. The Bertz CT molecular complexity index is 693. The van der Waals surface area contributed by atoms with Crippen molar-refractivity contribution < 1.29 is 14.6 Å².